The average molecular weight is 282 g/mol. The van der Waals surface area contributed by atoms with Gasteiger partial charge in [0.25, 0.3) is 0 Å². The van der Waals surface area contributed by atoms with Crippen LogP contribution in [0.3, 0.4) is 0 Å². The van der Waals surface area contributed by atoms with Gasteiger partial charge in [-0.25, -0.2) is 10.8 Å². The zero-order chi connectivity index (χ0) is 14.5. The summed E-state index contributed by atoms with van der Waals surface area (Å²) in [6.07, 6.45) is 4.72. The Morgan fingerprint density at radius 1 is 1.60 bits per heavy atom. The fourth-order valence-corrected chi connectivity index (χ4v) is 2.18. The molecule has 1 fully saturated rings. The molecule has 9 heteroatoms. The molecule has 1 aliphatic carbocycles. The number of aromatic nitrogens is 2. The zero-order valence-corrected chi connectivity index (χ0v) is 11.0. The lowest BCUT2D eigenvalue weighted by Gasteiger charge is -2.38. The minimum Gasteiger partial charge on any atom is -0.396 e. The molecule has 1 saturated carbocycles. The first-order valence-electron chi connectivity index (χ1n) is 6.53. The van der Waals surface area contributed by atoms with Gasteiger partial charge in [-0.05, 0) is 25.7 Å². The summed E-state index contributed by atoms with van der Waals surface area (Å²) < 4.78 is 0. The topological polar surface area (TPSA) is 130 Å². The molecule has 0 aromatic carbocycles. The maximum atomic E-state index is 11.1. The smallest absolute Gasteiger partial charge is 0.329 e. The number of nitro groups is 1. The van der Waals surface area contributed by atoms with Gasteiger partial charge in [0.15, 0.2) is 0 Å². The summed E-state index contributed by atoms with van der Waals surface area (Å²) in [5.74, 6) is 5.66. The lowest BCUT2D eigenvalue weighted by molar-refractivity contribution is -0.384. The van der Waals surface area contributed by atoms with E-state index in [1.165, 1.54) is 0 Å². The van der Waals surface area contributed by atoms with Gasteiger partial charge in [-0.1, -0.05) is 0 Å². The van der Waals surface area contributed by atoms with Gasteiger partial charge in [0, 0.05) is 19.2 Å². The molecule has 1 aliphatic rings. The summed E-state index contributed by atoms with van der Waals surface area (Å²) in [5, 5.41) is 20.1. The summed E-state index contributed by atoms with van der Waals surface area (Å²) in [5.41, 5.74) is 2.15. The molecule has 0 unspecified atom stereocenters. The van der Waals surface area contributed by atoms with E-state index in [-0.39, 0.29) is 30.1 Å². The SMILES string of the molecule is NNc1ncc([N+](=O)[O-])c(N(CCCO)C2CCC2)n1. The van der Waals surface area contributed by atoms with Gasteiger partial charge < -0.3 is 10.0 Å². The lowest BCUT2D eigenvalue weighted by Crippen LogP contribution is -2.42. The number of hydrazine groups is 1. The maximum Gasteiger partial charge on any atom is 0.329 e. The van der Waals surface area contributed by atoms with Crippen LogP contribution in [0.25, 0.3) is 0 Å². The second-order valence-electron chi connectivity index (χ2n) is 4.66. The van der Waals surface area contributed by atoms with Crippen LogP contribution in [0.2, 0.25) is 0 Å². The number of nitrogens with zero attached hydrogens (tertiary/aromatic N) is 4. The second-order valence-corrected chi connectivity index (χ2v) is 4.66. The first-order valence-corrected chi connectivity index (χ1v) is 6.53. The van der Waals surface area contributed by atoms with Gasteiger partial charge in [-0.2, -0.15) is 4.98 Å². The van der Waals surface area contributed by atoms with Crippen molar-refractivity contribution in [3.05, 3.63) is 16.3 Å². The van der Waals surface area contributed by atoms with E-state index in [1.54, 1.807) is 0 Å². The van der Waals surface area contributed by atoms with Crippen molar-refractivity contribution in [3.63, 3.8) is 0 Å². The van der Waals surface area contributed by atoms with E-state index in [1.807, 2.05) is 4.90 Å². The number of hydrogen-bond donors (Lipinski definition) is 3. The molecule has 110 valence electrons. The number of nitrogens with one attached hydrogen (secondary N) is 1. The zero-order valence-electron chi connectivity index (χ0n) is 11.0. The van der Waals surface area contributed by atoms with E-state index in [0.717, 1.165) is 25.5 Å². The Labute approximate surface area is 115 Å². The molecule has 1 aromatic heterocycles. The number of hydrogen-bond acceptors (Lipinski definition) is 8. The molecule has 0 amide bonds. The van der Waals surface area contributed by atoms with Crippen molar-refractivity contribution in [1.82, 2.24) is 9.97 Å². The lowest BCUT2D eigenvalue weighted by atomic mass is 9.91. The summed E-state index contributed by atoms with van der Waals surface area (Å²) in [6, 6.07) is 0.223. The van der Waals surface area contributed by atoms with E-state index in [0.29, 0.717) is 13.0 Å². The number of aliphatic hydroxyl groups excluding tert-OH is 1. The Hall–Kier alpha value is -2.00. The van der Waals surface area contributed by atoms with Crippen molar-refractivity contribution in [3.8, 4) is 0 Å². The van der Waals surface area contributed by atoms with Crippen molar-refractivity contribution < 1.29 is 10.0 Å². The molecular weight excluding hydrogens is 264 g/mol. The van der Waals surface area contributed by atoms with Gasteiger partial charge >= 0.3 is 5.69 Å². The molecule has 2 rings (SSSR count). The van der Waals surface area contributed by atoms with E-state index in [2.05, 4.69) is 15.4 Å². The third-order valence-corrected chi connectivity index (χ3v) is 3.42. The van der Waals surface area contributed by atoms with Crippen LogP contribution < -0.4 is 16.2 Å². The van der Waals surface area contributed by atoms with E-state index >= 15 is 0 Å². The van der Waals surface area contributed by atoms with Crippen LogP contribution in [0.4, 0.5) is 17.5 Å². The largest absolute Gasteiger partial charge is 0.396 e. The molecular formula is C11H18N6O3. The van der Waals surface area contributed by atoms with Gasteiger partial charge in [-0.15, -0.1) is 0 Å². The molecule has 9 nitrogen and oxygen atoms in total. The Morgan fingerprint density at radius 2 is 2.35 bits per heavy atom. The second kappa shape index (κ2) is 6.44. The number of nitrogen functional groups attached to an aromatic ring is 1. The minimum absolute atomic E-state index is 0.0318. The van der Waals surface area contributed by atoms with Gasteiger partial charge in [0.2, 0.25) is 11.8 Å². The standard InChI is InChI=1S/C11H18N6O3/c12-15-11-13-7-9(17(19)20)10(14-11)16(5-2-6-18)8-3-1-4-8/h7-8,18H,1-6,12H2,(H,13,14,15). The third kappa shape index (κ3) is 2.94. The monoisotopic (exact) mass is 282 g/mol. The summed E-state index contributed by atoms with van der Waals surface area (Å²) in [6.45, 7) is 0.549. The highest BCUT2D eigenvalue weighted by Gasteiger charge is 2.31. The maximum absolute atomic E-state index is 11.1. The molecule has 1 heterocycles. The fraction of sp³-hybridized carbons (Fsp3) is 0.636. The van der Waals surface area contributed by atoms with Crippen molar-refractivity contribution in [2.45, 2.75) is 31.7 Å². The van der Waals surface area contributed by atoms with Crippen LogP contribution in [0.1, 0.15) is 25.7 Å². The molecule has 0 radical (unpaired) electrons. The summed E-state index contributed by atoms with van der Waals surface area (Å²) >= 11 is 0. The highest BCUT2D eigenvalue weighted by Crippen LogP contribution is 2.34. The Balaban J connectivity index is 2.35. The summed E-state index contributed by atoms with van der Waals surface area (Å²) in [7, 11) is 0. The van der Waals surface area contributed by atoms with Crippen molar-refractivity contribution in [2.75, 3.05) is 23.5 Å². The number of rotatable bonds is 7. The van der Waals surface area contributed by atoms with E-state index in [4.69, 9.17) is 10.9 Å². The van der Waals surface area contributed by atoms with Crippen LogP contribution >= 0.6 is 0 Å². The van der Waals surface area contributed by atoms with Crippen LogP contribution in [0, 0.1) is 10.1 Å². The Kier molecular flexibility index (Phi) is 4.64. The van der Waals surface area contributed by atoms with Crippen LogP contribution in [0.15, 0.2) is 6.20 Å². The number of aliphatic hydroxyl groups is 1. The molecule has 0 bridgehead atoms. The predicted octanol–water partition coefficient (Wildman–Crippen LogP) is 0.412. The van der Waals surface area contributed by atoms with Gasteiger partial charge in [0.05, 0.1) is 4.92 Å². The van der Waals surface area contributed by atoms with E-state index in [9.17, 15) is 10.1 Å². The number of anilines is 2. The highest BCUT2D eigenvalue weighted by atomic mass is 16.6. The Bertz CT molecular complexity index is 479. The molecule has 0 aliphatic heterocycles. The highest BCUT2D eigenvalue weighted by molar-refractivity contribution is 5.59. The number of nitrogens with two attached hydrogens (primary N) is 1. The quantitative estimate of drug-likeness (QED) is 0.372. The van der Waals surface area contributed by atoms with Crippen molar-refractivity contribution in [2.24, 2.45) is 5.84 Å². The molecule has 0 saturated heterocycles. The minimum atomic E-state index is -0.500. The molecule has 0 spiro atoms. The van der Waals surface area contributed by atoms with E-state index < -0.39 is 4.92 Å². The fourth-order valence-electron chi connectivity index (χ4n) is 2.18. The van der Waals surface area contributed by atoms with Crippen LogP contribution in [-0.2, 0) is 0 Å². The van der Waals surface area contributed by atoms with Crippen molar-refractivity contribution in [1.29, 1.82) is 0 Å². The van der Waals surface area contributed by atoms with Gasteiger partial charge in [0.1, 0.15) is 6.20 Å². The van der Waals surface area contributed by atoms with Gasteiger partial charge in [-0.3, -0.25) is 15.5 Å². The molecule has 20 heavy (non-hydrogen) atoms. The van der Waals surface area contributed by atoms with Crippen molar-refractivity contribution >= 4 is 17.5 Å². The Morgan fingerprint density at radius 3 is 2.85 bits per heavy atom. The molecule has 4 N–H and O–H groups in total. The third-order valence-electron chi connectivity index (χ3n) is 3.42. The average Bonchev–Trinajstić information content (AvgIpc) is 2.40. The molecule has 1 aromatic rings. The normalized spacial score (nSPS) is 14.7. The molecule has 0 atom stereocenters. The summed E-state index contributed by atoms with van der Waals surface area (Å²) in [4.78, 5) is 20.4. The first-order chi connectivity index (χ1) is 9.67. The van der Waals surface area contributed by atoms with Crippen LogP contribution in [-0.4, -0.2) is 39.2 Å². The first kappa shape index (κ1) is 14.4. The predicted molar refractivity (Wildman–Crippen MR) is 73.2 cm³/mol. The van der Waals surface area contributed by atoms with Crippen LogP contribution in [0.5, 0.6) is 0 Å².